The maximum absolute atomic E-state index is 11.3. The van der Waals surface area contributed by atoms with Crippen LogP contribution in [0.5, 0.6) is 0 Å². The first-order valence-corrected chi connectivity index (χ1v) is 5.90. The van der Waals surface area contributed by atoms with Gasteiger partial charge in [0, 0.05) is 0 Å². The van der Waals surface area contributed by atoms with Crippen LogP contribution in [-0.2, 0) is 9.59 Å². The molecule has 0 bridgehead atoms. The fourth-order valence-corrected chi connectivity index (χ4v) is 2.16. The second kappa shape index (κ2) is 4.96. The summed E-state index contributed by atoms with van der Waals surface area (Å²) in [7, 11) is 0. The largest absolute Gasteiger partial charge is 0.389 e. The molecule has 96 valence electrons. The standard InChI is InChI=1S/C12H13ClN2O3/c1-7(16)8-2-3-10(9(13)4-8)15-5-11(17)14-12(18)6-15/h2-4,7,16H,5-6H2,1H3,(H,14,17,18)/t7-/m1/s1. The minimum absolute atomic E-state index is 0.0967. The quantitative estimate of drug-likeness (QED) is 0.781. The smallest absolute Gasteiger partial charge is 0.246 e. The van der Waals surface area contributed by atoms with E-state index in [1.54, 1.807) is 30.0 Å². The minimum atomic E-state index is -0.608. The Bertz CT molecular complexity index is 486. The first-order valence-electron chi connectivity index (χ1n) is 5.52. The molecule has 5 nitrogen and oxygen atoms in total. The predicted octanol–water partition coefficient (Wildman–Crippen LogP) is 0.856. The lowest BCUT2D eigenvalue weighted by molar-refractivity contribution is -0.130. The molecule has 2 N–H and O–H groups in total. The van der Waals surface area contributed by atoms with Gasteiger partial charge in [-0.2, -0.15) is 0 Å². The molecule has 1 aromatic carbocycles. The van der Waals surface area contributed by atoms with Crippen LogP contribution in [0.4, 0.5) is 5.69 Å². The van der Waals surface area contributed by atoms with E-state index in [2.05, 4.69) is 5.32 Å². The number of carbonyl (C=O) groups excluding carboxylic acids is 2. The van der Waals surface area contributed by atoms with E-state index in [-0.39, 0.29) is 24.9 Å². The summed E-state index contributed by atoms with van der Waals surface area (Å²) in [4.78, 5) is 24.2. The molecule has 2 rings (SSSR count). The van der Waals surface area contributed by atoms with Gasteiger partial charge in [-0.25, -0.2) is 0 Å². The van der Waals surface area contributed by atoms with Crippen LogP contribution in [0, 0.1) is 0 Å². The molecule has 2 amide bonds. The van der Waals surface area contributed by atoms with Crippen molar-refractivity contribution in [1.29, 1.82) is 0 Å². The number of aliphatic hydroxyl groups is 1. The first kappa shape index (κ1) is 12.9. The van der Waals surface area contributed by atoms with E-state index in [0.717, 1.165) is 0 Å². The number of nitrogens with zero attached hydrogens (tertiary/aromatic N) is 1. The topological polar surface area (TPSA) is 69.6 Å². The van der Waals surface area contributed by atoms with Crippen LogP contribution in [-0.4, -0.2) is 30.0 Å². The van der Waals surface area contributed by atoms with Crippen LogP contribution in [0.1, 0.15) is 18.6 Å². The van der Waals surface area contributed by atoms with E-state index in [9.17, 15) is 14.7 Å². The third kappa shape index (κ3) is 2.63. The summed E-state index contributed by atoms with van der Waals surface area (Å²) >= 11 is 6.11. The van der Waals surface area contributed by atoms with Crippen LogP contribution in [0.15, 0.2) is 18.2 Å². The highest BCUT2D eigenvalue weighted by atomic mass is 35.5. The van der Waals surface area contributed by atoms with Gasteiger partial charge in [0.15, 0.2) is 0 Å². The average Bonchev–Trinajstić information content (AvgIpc) is 2.27. The summed E-state index contributed by atoms with van der Waals surface area (Å²) in [6, 6.07) is 5.07. The van der Waals surface area contributed by atoms with Crippen molar-refractivity contribution in [2.45, 2.75) is 13.0 Å². The number of hydrogen-bond donors (Lipinski definition) is 2. The maximum Gasteiger partial charge on any atom is 0.246 e. The average molecular weight is 269 g/mol. The second-order valence-electron chi connectivity index (χ2n) is 4.21. The molecule has 0 radical (unpaired) electrons. The van der Waals surface area contributed by atoms with Gasteiger partial charge in [-0.1, -0.05) is 17.7 Å². The van der Waals surface area contributed by atoms with E-state index in [1.807, 2.05) is 0 Å². The van der Waals surface area contributed by atoms with Crippen molar-refractivity contribution in [2.75, 3.05) is 18.0 Å². The Morgan fingerprint density at radius 1 is 1.33 bits per heavy atom. The molecular formula is C12H13ClN2O3. The fourth-order valence-electron chi connectivity index (χ4n) is 1.85. The molecule has 1 heterocycles. The molecule has 0 aromatic heterocycles. The van der Waals surface area contributed by atoms with Gasteiger partial charge in [0.2, 0.25) is 11.8 Å². The Hall–Kier alpha value is -1.59. The second-order valence-corrected chi connectivity index (χ2v) is 4.62. The number of imide groups is 1. The van der Waals surface area contributed by atoms with Gasteiger partial charge in [0.25, 0.3) is 0 Å². The first-order chi connectivity index (χ1) is 8.47. The third-order valence-electron chi connectivity index (χ3n) is 2.74. The van der Waals surface area contributed by atoms with Crippen LogP contribution in [0.2, 0.25) is 5.02 Å². The SMILES string of the molecule is C[C@@H](O)c1ccc(N2CC(=O)NC(=O)C2)c(Cl)c1. The molecule has 0 unspecified atom stereocenters. The van der Waals surface area contributed by atoms with Gasteiger partial charge in [0.1, 0.15) is 0 Å². The van der Waals surface area contributed by atoms with Crippen molar-refractivity contribution in [2.24, 2.45) is 0 Å². The van der Waals surface area contributed by atoms with Crippen LogP contribution >= 0.6 is 11.6 Å². The lowest BCUT2D eigenvalue weighted by Crippen LogP contribution is -2.51. The van der Waals surface area contributed by atoms with Crippen LogP contribution in [0.25, 0.3) is 0 Å². The summed E-state index contributed by atoms with van der Waals surface area (Å²) in [5.74, 6) is -0.691. The van der Waals surface area contributed by atoms with Gasteiger partial charge in [-0.05, 0) is 24.6 Å². The van der Waals surface area contributed by atoms with Gasteiger partial charge in [0.05, 0.1) is 29.9 Å². The number of piperazine rings is 1. The van der Waals surface area contributed by atoms with Gasteiger partial charge in [-0.3, -0.25) is 14.9 Å². The summed E-state index contributed by atoms with van der Waals surface area (Å²) in [6.07, 6.45) is -0.608. The Morgan fingerprint density at radius 3 is 2.44 bits per heavy atom. The van der Waals surface area contributed by atoms with Crippen molar-refractivity contribution in [3.63, 3.8) is 0 Å². The normalized spacial score (nSPS) is 17.6. The molecular weight excluding hydrogens is 256 g/mol. The van der Waals surface area contributed by atoms with E-state index >= 15 is 0 Å². The summed E-state index contributed by atoms with van der Waals surface area (Å²) in [5.41, 5.74) is 1.31. The van der Waals surface area contributed by atoms with Crippen molar-refractivity contribution in [3.05, 3.63) is 28.8 Å². The number of hydrogen-bond acceptors (Lipinski definition) is 4. The number of halogens is 1. The zero-order chi connectivity index (χ0) is 13.3. The van der Waals surface area contributed by atoms with Crippen molar-refractivity contribution < 1.29 is 14.7 Å². The molecule has 1 aliphatic heterocycles. The number of aliphatic hydroxyl groups excluding tert-OH is 1. The third-order valence-corrected chi connectivity index (χ3v) is 3.05. The Kier molecular flexibility index (Phi) is 3.54. The van der Waals surface area contributed by atoms with E-state index in [0.29, 0.717) is 16.3 Å². The Labute approximate surface area is 109 Å². The monoisotopic (exact) mass is 268 g/mol. The number of nitrogens with one attached hydrogen (secondary N) is 1. The number of rotatable bonds is 2. The maximum atomic E-state index is 11.3. The molecule has 1 aromatic rings. The predicted molar refractivity (Wildman–Crippen MR) is 67.4 cm³/mol. The molecule has 1 fully saturated rings. The van der Waals surface area contributed by atoms with Crippen molar-refractivity contribution >= 4 is 29.1 Å². The molecule has 1 saturated heterocycles. The molecule has 1 aliphatic rings. The number of benzene rings is 1. The van der Waals surface area contributed by atoms with Gasteiger partial charge in [-0.15, -0.1) is 0 Å². The summed E-state index contributed by atoms with van der Waals surface area (Å²) < 4.78 is 0. The Morgan fingerprint density at radius 2 is 1.94 bits per heavy atom. The summed E-state index contributed by atoms with van der Waals surface area (Å²) in [5, 5.41) is 12.1. The lowest BCUT2D eigenvalue weighted by Gasteiger charge is -2.28. The van der Waals surface area contributed by atoms with E-state index in [1.165, 1.54) is 0 Å². The fraction of sp³-hybridized carbons (Fsp3) is 0.333. The molecule has 0 aliphatic carbocycles. The number of amides is 2. The Balaban J connectivity index is 2.28. The molecule has 0 saturated carbocycles. The molecule has 1 atom stereocenters. The highest BCUT2D eigenvalue weighted by Crippen LogP contribution is 2.29. The molecule has 0 spiro atoms. The minimum Gasteiger partial charge on any atom is -0.389 e. The number of anilines is 1. The van der Waals surface area contributed by atoms with Crippen molar-refractivity contribution in [1.82, 2.24) is 5.32 Å². The summed E-state index contributed by atoms with van der Waals surface area (Å²) in [6.45, 7) is 1.84. The van der Waals surface area contributed by atoms with Crippen LogP contribution in [0.3, 0.4) is 0 Å². The highest BCUT2D eigenvalue weighted by Gasteiger charge is 2.24. The van der Waals surface area contributed by atoms with E-state index in [4.69, 9.17) is 11.6 Å². The zero-order valence-electron chi connectivity index (χ0n) is 9.81. The van der Waals surface area contributed by atoms with Crippen molar-refractivity contribution in [3.8, 4) is 0 Å². The van der Waals surface area contributed by atoms with E-state index < -0.39 is 6.10 Å². The van der Waals surface area contributed by atoms with Gasteiger partial charge >= 0.3 is 0 Å². The number of carbonyl (C=O) groups is 2. The zero-order valence-corrected chi connectivity index (χ0v) is 10.6. The highest BCUT2D eigenvalue weighted by molar-refractivity contribution is 6.33. The van der Waals surface area contributed by atoms with Crippen LogP contribution < -0.4 is 10.2 Å². The van der Waals surface area contributed by atoms with Gasteiger partial charge < -0.3 is 10.0 Å². The molecule has 6 heteroatoms. The molecule has 18 heavy (non-hydrogen) atoms. The lowest BCUT2D eigenvalue weighted by atomic mass is 10.1.